The first-order valence-electron chi connectivity index (χ1n) is 10.6. The smallest absolute Gasteiger partial charge is 0.108 e. The van der Waals surface area contributed by atoms with Gasteiger partial charge in [0, 0.05) is 12.4 Å². The second-order valence-corrected chi connectivity index (χ2v) is 17.0. The van der Waals surface area contributed by atoms with Crippen LogP contribution < -0.4 is 0 Å². The van der Waals surface area contributed by atoms with Gasteiger partial charge in [-0.25, -0.2) is 9.97 Å². The molecule has 0 N–H and O–H groups in total. The number of rotatable bonds is 2. The molecule has 0 amide bonds. The van der Waals surface area contributed by atoms with Crippen molar-refractivity contribution in [3.63, 3.8) is 0 Å². The van der Waals surface area contributed by atoms with Crippen LogP contribution in [0.3, 0.4) is 0 Å². The van der Waals surface area contributed by atoms with Gasteiger partial charge in [0.25, 0.3) is 0 Å². The average molecular weight is 851 g/mol. The first kappa shape index (κ1) is 30.9. The van der Waals surface area contributed by atoms with E-state index in [1.54, 1.807) is 24.8 Å². The number of benzene rings is 2. The van der Waals surface area contributed by atoms with E-state index in [1.807, 2.05) is 84.9 Å². The largest absolute Gasteiger partial charge is 0.255 e. The summed E-state index contributed by atoms with van der Waals surface area (Å²) in [5, 5.41) is 0. The summed E-state index contributed by atoms with van der Waals surface area (Å²) in [6, 6.07) is 27.2. The fraction of sp³-hybridized carbons (Fsp3) is 0. The Hall–Kier alpha value is -1.67. The van der Waals surface area contributed by atoms with Gasteiger partial charge in [-0.3, -0.25) is 19.9 Å². The summed E-state index contributed by atoms with van der Waals surface area (Å²) in [5.74, 6) is 0. The minimum absolute atomic E-state index is 0.805. The van der Waals surface area contributed by atoms with E-state index in [2.05, 4.69) is 86.8 Å². The molecule has 0 bridgehead atoms. The molecule has 6 aromatic rings. The summed E-state index contributed by atoms with van der Waals surface area (Å²) < 4.78 is 0. The average Bonchev–Trinajstić information content (AvgIpc) is 2.99. The van der Waals surface area contributed by atoms with Gasteiger partial charge in [0.15, 0.2) is 0 Å². The Bertz CT molecular complexity index is 1420. The Balaban J connectivity index is 0.000000175. The molecule has 6 nitrogen and oxygen atoms in total. The van der Waals surface area contributed by atoms with E-state index in [0.29, 0.717) is 0 Å². The minimum atomic E-state index is 0.805. The van der Waals surface area contributed by atoms with Crippen LogP contribution >= 0.6 is 56.9 Å². The molecule has 6 rings (SSSR count). The molecule has 0 saturated carbocycles. The topological polar surface area (TPSA) is 77.3 Å². The van der Waals surface area contributed by atoms with Crippen LogP contribution in [0.4, 0.5) is 0 Å². The molecule has 200 valence electrons. The van der Waals surface area contributed by atoms with Crippen LogP contribution in [0.5, 0.6) is 0 Å². The molecule has 0 radical (unpaired) electrons. The SMILES string of the molecule is [Br][Ni][Br].[Br][Ni][Br].c1ccc(-c2cnc3ccccc3n2)nc1.c1ccc(-c2cnc3ccccc3n2)nc1. The molecule has 4 heterocycles. The Morgan fingerprint density at radius 1 is 0.395 bits per heavy atom. The van der Waals surface area contributed by atoms with Gasteiger partial charge >= 0.3 is 78.7 Å². The number of hydrogen-bond donors (Lipinski definition) is 0. The molecule has 12 heteroatoms. The first-order valence-corrected chi connectivity index (χ1v) is 20.4. The zero-order chi connectivity index (χ0) is 27.0. The molecule has 0 atom stereocenters. The fourth-order valence-electron chi connectivity index (χ4n) is 3.19. The summed E-state index contributed by atoms with van der Waals surface area (Å²) in [6.07, 6.45) is 7.02. The van der Waals surface area contributed by atoms with Crippen molar-refractivity contribution in [1.82, 2.24) is 29.9 Å². The molecular formula is C26H18Br4N6Ni2. The van der Waals surface area contributed by atoms with Crippen molar-refractivity contribution < 1.29 is 21.8 Å². The standard InChI is InChI=1S/2C13H9N3.4BrH.2Ni/c2*1-2-7-12-10(5-1)15-9-13(16-12)11-6-3-4-8-14-11;;;;;;/h2*1-9H;4*1H;;/q;;;;;;2*+2/p-4. The van der Waals surface area contributed by atoms with E-state index >= 15 is 0 Å². The zero-order valence-electron chi connectivity index (χ0n) is 19.2. The van der Waals surface area contributed by atoms with Crippen molar-refractivity contribution >= 4 is 79.0 Å². The third-order valence-corrected chi connectivity index (χ3v) is 4.75. The van der Waals surface area contributed by atoms with E-state index in [1.165, 1.54) is 21.8 Å². The van der Waals surface area contributed by atoms with Gasteiger partial charge in [0.1, 0.15) is 11.4 Å². The Morgan fingerprint density at radius 2 is 0.737 bits per heavy atom. The molecule has 0 unspecified atom stereocenters. The number of hydrogen-bond acceptors (Lipinski definition) is 6. The van der Waals surface area contributed by atoms with Gasteiger partial charge in [-0.05, 0) is 48.5 Å². The Labute approximate surface area is 260 Å². The van der Waals surface area contributed by atoms with E-state index in [-0.39, 0.29) is 0 Å². The second kappa shape index (κ2) is 17.8. The summed E-state index contributed by atoms with van der Waals surface area (Å²) in [4.78, 5) is 26.3. The third-order valence-electron chi connectivity index (χ3n) is 4.75. The summed E-state index contributed by atoms with van der Waals surface area (Å²) >= 11 is 12.0. The third kappa shape index (κ3) is 9.81. The number of nitrogens with zero attached hydrogens (tertiary/aromatic N) is 6. The van der Waals surface area contributed by atoms with Crippen LogP contribution in [0, 0.1) is 0 Å². The first-order chi connectivity index (χ1) is 18.7. The minimum Gasteiger partial charge on any atom is -0.255 e. The van der Waals surface area contributed by atoms with Gasteiger partial charge in [0.2, 0.25) is 0 Å². The fourth-order valence-corrected chi connectivity index (χ4v) is 3.19. The molecule has 4 aromatic heterocycles. The number of fused-ring (bicyclic) bond motifs is 2. The molecule has 2 aromatic carbocycles. The van der Waals surface area contributed by atoms with E-state index in [9.17, 15) is 0 Å². The van der Waals surface area contributed by atoms with Crippen molar-refractivity contribution in [3.8, 4) is 22.8 Å². The summed E-state index contributed by atoms with van der Waals surface area (Å²) in [6.45, 7) is 0. The maximum atomic E-state index is 4.52. The van der Waals surface area contributed by atoms with Gasteiger partial charge in [-0.2, -0.15) is 0 Å². The van der Waals surface area contributed by atoms with Crippen LogP contribution in [-0.2, 0) is 21.8 Å². The van der Waals surface area contributed by atoms with Gasteiger partial charge in [-0.1, -0.05) is 36.4 Å². The molecule has 0 fully saturated rings. The summed E-state index contributed by atoms with van der Waals surface area (Å²) in [5.41, 5.74) is 6.90. The van der Waals surface area contributed by atoms with Crippen LogP contribution in [0.2, 0.25) is 0 Å². The molecule has 0 aliphatic rings. The summed E-state index contributed by atoms with van der Waals surface area (Å²) in [7, 11) is 2.50. The maximum Gasteiger partial charge on any atom is 0.108 e. The van der Waals surface area contributed by atoms with Crippen molar-refractivity contribution in [2.24, 2.45) is 0 Å². The van der Waals surface area contributed by atoms with Crippen LogP contribution in [0.25, 0.3) is 44.8 Å². The van der Waals surface area contributed by atoms with Crippen molar-refractivity contribution in [2.75, 3.05) is 0 Å². The Morgan fingerprint density at radius 3 is 1.08 bits per heavy atom. The van der Waals surface area contributed by atoms with Gasteiger partial charge < -0.3 is 0 Å². The van der Waals surface area contributed by atoms with Gasteiger partial charge in [-0.15, -0.1) is 0 Å². The predicted octanol–water partition coefficient (Wildman–Crippen LogP) is 8.76. The molecule has 0 aliphatic carbocycles. The van der Waals surface area contributed by atoms with E-state index in [0.717, 1.165) is 44.8 Å². The normalized spacial score (nSPS) is 10.0. The van der Waals surface area contributed by atoms with E-state index in [4.69, 9.17) is 0 Å². The number of halogens is 4. The van der Waals surface area contributed by atoms with Crippen molar-refractivity contribution in [1.29, 1.82) is 0 Å². The maximum absolute atomic E-state index is 4.52. The molecule has 0 spiro atoms. The number of aromatic nitrogens is 6. The van der Waals surface area contributed by atoms with Crippen LogP contribution in [-0.4, -0.2) is 29.9 Å². The molecule has 0 saturated heterocycles. The van der Waals surface area contributed by atoms with Gasteiger partial charge in [0.05, 0.1) is 45.8 Å². The Kier molecular flexibility index (Phi) is 14.5. The number of para-hydroxylation sites is 4. The van der Waals surface area contributed by atoms with E-state index < -0.39 is 0 Å². The quantitative estimate of drug-likeness (QED) is 0.162. The molecule has 0 aliphatic heterocycles. The number of pyridine rings is 2. The molecule has 38 heavy (non-hydrogen) atoms. The molecular weight excluding hydrogens is 833 g/mol. The van der Waals surface area contributed by atoms with Crippen molar-refractivity contribution in [3.05, 3.63) is 110 Å². The monoisotopic (exact) mass is 846 g/mol. The second-order valence-electron chi connectivity index (χ2n) is 7.01. The van der Waals surface area contributed by atoms with Crippen LogP contribution in [0.15, 0.2) is 110 Å². The zero-order valence-corrected chi connectivity index (χ0v) is 27.5. The van der Waals surface area contributed by atoms with Crippen molar-refractivity contribution in [2.45, 2.75) is 0 Å². The van der Waals surface area contributed by atoms with Crippen LogP contribution in [0.1, 0.15) is 0 Å². The predicted molar refractivity (Wildman–Crippen MR) is 161 cm³/mol.